The highest BCUT2D eigenvalue weighted by Gasteiger charge is 2.07. The Kier molecular flexibility index (Phi) is 7.88. The number of benzene rings is 2. The van der Waals surface area contributed by atoms with Gasteiger partial charge in [-0.1, -0.05) is 30.3 Å². The molecule has 6 heteroatoms. The molecule has 5 nitrogen and oxygen atoms in total. The highest BCUT2D eigenvalue weighted by atomic mass is 32.1. The van der Waals surface area contributed by atoms with Crippen LogP contribution in [0, 0.1) is 0 Å². The van der Waals surface area contributed by atoms with Crippen molar-refractivity contribution in [1.29, 1.82) is 0 Å². The molecule has 0 aliphatic carbocycles. The number of carbonyl (C=O) groups is 1. The third-order valence-electron chi connectivity index (χ3n) is 3.44. The van der Waals surface area contributed by atoms with Crippen LogP contribution in [-0.2, 0) is 11.2 Å². The molecule has 0 heterocycles. The minimum atomic E-state index is -0.259. The first-order valence-electron chi connectivity index (χ1n) is 8.04. The summed E-state index contributed by atoms with van der Waals surface area (Å²) in [6.07, 6.45) is 0.838. The molecule has 0 radical (unpaired) electrons. The van der Waals surface area contributed by atoms with Crippen molar-refractivity contribution in [2.45, 2.75) is 6.42 Å². The predicted molar refractivity (Wildman–Crippen MR) is 102 cm³/mol. The Morgan fingerprint density at radius 1 is 1.04 bits per heavy atom. The molecule has 0 bridgehead atoms. The summed E-state index contributed by atoms with van der Waals surface area (Å²) in [6.45, 7) is 1.65. The van der Waals surface area contributed by atoms with Crippen LogP contribution in [0.1, 0.15) is 15.9 Å². The zero-order chi connectivity index (χ0) is 17.9. The lowest BCUT2D eigenvalue weighted by atomic mass is 10.2. The number of thiocarbonyl (C=S) groups is 1. The van der Waals surface area contributed by atoms with Crippen molar-refractivity contribution in [3.8, 4) is 5.75 Å². The number of rotatable bonds is 8. The largest absolute Gasteiger partial charge is 0.493 e. The molecule has 0 unspecified atom stereocenters. The van der Waals surface area contributed by atoms with Crippen molar-refractivity contribution >= 4 is 23.2 Å². The molecule has 132 valence electrons. The second-order valence-corrected chi connectivity index (χ2v) is 5.72. The summed E-state index contributed by atoms with van der Waals surface area (Å²) in [5, 5.41) is 5.80. The van der Waals surface area contributed by atoms with Gasteiger partial charge in [-0.15, -0.1) is 0 Å². The Balaban J connectivity index is 1.76. The van der Waals surface area contributed by atoms with Crippen LogP contribution >= 0.6 is 12.2 Å². The topological polar surface area (TPSA) is 59.6 Å². The molecule has 0 saturated heterocycles. The highest BCUT2D eigenvalue weighted by molar-refractivity contribution is 7.80. The van der Waals surface area contributed by atoms with Gasteiger partial charge in [0.05, 0.1) is 13.2 Å². The second kappa shape index (κ2) is 10.4. The van der Waals surface area contributed by atoms with Gasteiger partial charge in [-0.05, 0) is 42.0 Å². The number of amides is 1. The van der Waals surface area contributed by atoms with Crippen molar-refractivity contribution in [1.82, 2.24) is 10.6 Å². The number of carbonyl (C=O) groups excluding carboxylic acids is 1. The monoisotopic (exact) mass is 358 g/mol. The molecular formula is C19H22N2O3S. The van der Waals surface area contributed by atoms with Crippen molar-refractivity contribution in [2.24, 2.45) is 0 Å². The van der Waals surface area contributed by atoms with Crippen LogP contribution in [0.3, 0.4) is 0 Å². The highest BCUT2D eigenvalue weighted by Crippen LogP contribution is 2.13. The summed E-state index contributed by atoms with van der Waals surface area (Å²) >= 11 is 5.05. The van der Waals surface area contributed by atoms with Gasteiger partial charge in [0.2, 0.25) is 0 Å². The summed E-state index contributed by atoms with van der Waals surface area (Å²) in [4.78, 5) is 12.1. The van der Waals surface area contributed by atoms with E-state index < -0.39 is 0 Å². The molecule has 2 N–H and O–H groups in total. The number of ether oxygens (including phenoxy) is 2. The van der Waals surface area contributed by atoms with Gasteiger partial charge in [-0.3, -0.25) is 10.1 Å². The van der Waals surface area contributed by atoms with Gasteiger partial charge < -0.3 is 14.8 Å². The average Bonchev–Trinajstić information content (AvgIpc) is 2.63. The Hall–Kier alpha value is -2.44. The molecule has 0 aromatic heterocycles. The van der Waals surface area contributed by atoms with E-state index >= 15 is 0 Å². The quantitative estimate of drug-likeness (QED) is 0.561. The van der Waals surface area contributed by atoms with Gasteiger partial charge in [0, 0.05) is 25.6 Å². The number of methoxy groups -OCH3 is 1. The van der Waals surface area contributed by atoms with E-state index in [1.807, 2.05) is 18.2 Å². The SMILES string of the molecule is COCCNC(=S)NC(=O)c1ccc(OCCc2ccccc2)cc1. The fourth-order valence-electron chi connectivity index (χ4n) is 2.12. The molecule has 0 saturated carbocycles. The normalized spacial score (nSPS) is 10.1. The molecule has 0 fully saturated rings. The molecule has 25 heavy (non-hydrogen) atoms. The van der Waals surface area contributed by atoms with Gasteiger partial charge in [0.1, 0.15) is 5.75 Å². The van der Waals surface area contributed by atoms with E-state index in [2.05, 4.69) is 22.8 Å². The van der Waals surface area contributed by atoms with E-state index in [-0.39, 0.29) is 11.0 Å². The van der Waals surface area contributed by atoms with Gasteiger partial charge >= 0.3 is 0 Å². The van der Waals surface area contributed by atoms with E-state index in [0.717, 1.165) is 12.2 Å². The van der Waals surface area contributed by atoms with E-state index in [1.54, 1.807) is 31.4 Å². The Morgan fingerprint density at radius 3 is 2.44 bits per heavy atom. The molecule has 2 aromatic rings. The number of nitrogens with one attached hydrogen (secondary N) is 2. The standard InChI is InChI=1S/C19H22N2O3S/c1-23-14-12-20-19(25)21-18(22)16-7-9-17(10-8-16)24-13-11-15-5-3-2-4-6-15/h2-10H,11-14H2,1H3,(H2,20,21,22,25). The molecule has 0 aliphatic heterocycles. The summed E-state index contributed by atoms with van der Waals surface area (Å²) < 4.78 is 10.6. The molecule has 2 rings (SSSR count). The summed E-state index contributed by atoms with van der Waals surface area (Å²) in [7, 11) is 1.60. The third kappa shape index (κ3) is 6.91. The zero-order valence-electron chi connectivity index (χ0n) is 14.2. The second-order valence-electron chi connectivity index (χ2n) is 5.31. The van der Waals surface area contributed by atoms with Crippen LogP contribution in [0.15, 0.2) is 54.6 Å². The Labute approximate surface area is 153 Å². The van der Waals surface area contributed by atoms with Crippen molar-refractivity contribution in [2.75, 3.05) is 26.9 Å². The molecule has 0 aliphatic rings. The van der Waals surface area contributed by atoms with Gasteiger partial charge in [-0.25, -0.2) is 0 Å². The lowest BCUT2D eigenvalue weighted by Gasteiger charge is -2.10. The van der Waals surface area contributed by atoms with Crippen LogP contribution in [-0.4, -0.2) is 37.9 Å². The molecule has 0 atom stereocenters. The molecule has 1 amide bonds. The van der Waals surface area contributed by atoms with Crippen molar-refractivity contribution in [3.63, 3.8) is 0 Å². The summed E-state index contributed by atoms with van der Waals surface area (Å²) in [6, 6.07) is 17.1. The maximum Gasteiger partial charge on any atom is 0.257 e. The van der Waals surface area contributed by atoms with E-state index in [0.29, 0.717) is 25.3 Å². The fraction of sp³-hybridized carbons (Fsp3) is 0.263. The summed E-state index contributed by atoms with van der Waals surface area (Å²) in [5.74, 6) is 0.471. The van der Waals surface area contributed by atoms with Crippen LogP contribution in [0.2, 0.25) is 0 Å². The lowest BCUT2D eigenvalue weighted by molar-refractivity contribution is 0.0976. The molecule has 2 aromatic carbocycles. The lowest BCUT2D eigenvalue weighted by Crippen LogP contribution is -2.40. The first kappa shape index (κ1) is 18.9. The van der Waals surface area contributed by atoms with Crippen LogP contribution in [0.25, 0.3) is 0 Å². The van der Waals surface area contributed by atoms with Gasteiger partial charge in [0.15, 0.2) is 5.11 Å². The minimum absolute atomic E-state index is 0.259. The predicted octanol–water partition coefficient (Wildman–Crippen LogP) is 2.56. The average molecular weight is 358 g/mol. The smallest absolute Gasteiger partial charge is 0.257 e. The fourth-order valence-corrected chi connectivity index (χ4v) is 2.31. The summed E-state index contributed by atoms with van der Waals surface area (Å²) in [5.41, 5.74) is 1.75. The van der Waals surface area contributed by atoms with Crippen LogP contribution < -0.4 is 15.4 Å². The molecular weight excluding hydrogens is 336 g/mol. The Bertz CT molecular complexity index is 675. The van der Waals surface area contributed by atoms with Crippen LogP contribution in [0.5, 0.6) is 5.75 Å². The zero-order valence-corrected chi connectivity index (χ0v) is 15.0. The van der Waals surface area contributed by atoms with E-state index in [1.165, 1.54) is 5.56 Å². The molecule has 0 spiro atoms. The maximum absolute atomic E-state index is 12.1. The first-order chi connectivity index (χ1) is 12.2. The van der Waals surface area contributed by atoms with Gasteiger partial charge in [-0.2, -0.15) is 0 Å². The number of hydrogen-bond acceptors (Lipinski definition) is 4. The van der Waals surface area contributed by atoms with E-state index in [9.17, 15) is 4.79 Å². The number of hydrogen-bond donors (Lipinski definition) is 2. The van der Waals surface area contributed by atoms with Crippen molar-refractivity contribution < 1.29 is 14.3 Å². The van der Waals surface area contributed by atoms with Crippen molar-refractivity contribution in [3.05, 3.63) is 65.7 Å². The Morgan fingerprint density at radius 2 is 1.76 bits per heavy atom. The third-order valence-corrected chi connectivity index (χ3v) is 3.68. The maximum atomic E-state index is 12.1. The minimum Gasteiger partial charge on any atom is -0.493 e. The van der Waals surface area contributed by atoms with Crippen LogP contribution in [0.4, 0.5) is 0 Å². The first-order valence-corrected chi connectivity index (χ1v) is 8.45. The van der Waals surface area contributed by atoms with E-state index in [4.69, 9.17) is 21.7 Å². The van der Waals surface area contributed by atoms with Gasteiger partial charge in [0.25, 0.3) is 5.91 Å².